The summed E-state index contributed by atoms with van der Waals surface area (Å²) in [4.78, 5) is 6.62. The van der Waals surface area contributed by atoms with E-state index in [-0.39, 0.29) is 0 Å². The van der Waals surface area contributed by atoms with E-state index in [0.29, 0.717) is 0 Å². The average Bonchev–Trinajstić information content (AvgIpc) is 3.16. The molecular formula is C24H28BrN5O. The number of likely N-dealkylation sites (tertiary alicyclic amines) is 1. The molecule has 7 heteroatoms. The number of halogens is 1. The second-order valence-corrected chi connectivity index (χ2v) is 9.30. The second kappa shape index (κ2) is 9.51. The van der Waals surface area contributed by atoms with Crippen LogP contribution in [-0.4, -0.2) is 59.0 Å². The maximum atomic E-state index is 6.01. The fourth-order valence-electron chi connectivity index (χ4n) is 4.47. The summed E-state index contributed by atoms with van der Waals surface area (Å²) in [7, 11) is 0. The smallest absolute Gasteiger partial charge is 0.119 e. The van der Waals surface area contributed by atoms with E-state index in [9.17, 15) is 0 Å². The first-order valence-corrected chi connectivity index (χ1v) is 11.9. The molecule has 1 aromatic carbocycles. The Morgan fingerprint density at radius 3 is 2.42 bits per heavy atom. The summed E-state index contributed by atoms with van der Waals surface area (Å²) in [6.07, 6.45) is 8.21. The number of ether oxygens (including phenoxy) is 1. The Labute approximate surface area is 191 Å². The number of pyridine rings is 1. The Morgan fingerprint density at radius 1 is 1.00 bits per heavy atom. The van der Waals surface area contributed by atoms with E-state index in [1.165, 1.54) is 39.0 Å². The molecule has 2 fully saturated rings. The van der Waals surface area contributed by atoms with Gasteiger partial charge in [0.05, 0.1) is 10.2 Å². The van der Waals surface area contributed by atoms with Gasteiger partial charge in [0, 0.05) is 30.7 Å². The van der Waals surface area contributed by atoms with Gasteiger partial charge in [0.15, 0.2) is 0 Å². The summed E-state index contributed by atoms with van der Waals surface area (Å²) in [5.41, 5.74) is 2.94. The minimum atomic E-state index is 0.731. The van der Waals surface area contributed by atoms with Gasteiger partial charge in [-0.15, -0.1) is 0 Å². The SMILES string of the molecule is Brc1cn(-c2ccc(OCCN3CCC(C4CNC4)CC3)cc2)nc1-c1ccncc1. The van der Waals surface area contributed by atoms with Gasteiger partial charge in [0.1, 0.15) is 18.1 Å². The van der Waals surface area contributed by atoms with Gasteiger partial charge in [-0.2, -0.15) is 5.10 Å². The molecule has 2 aromatic heterocycles. The summed E-state index contributed by atoms with van der Waals surface area (Å²) < 4.78 is 8.84. The van der Waals surface area contributed by atoms with Crippen molar-refractivity contribution in [3.63, 3.8) is 0 Å². The molecule has 162 valence electrons. The number of piperidine rings is 1. The number of aromatic nitrogens is 3. The Hall–Kier alpha value is -2.22. The van der Waals surface area contributed by atoms with E-state index in [0.717, 1.165) is 52.2 Å². The molecule has 0 bridgehead atoms. The summed E-state index contributed by atoms with van der Waals surface area (Å²) in [6.45, 7) is 6.59. The lowest BCUT2D eigenvalue weighted by atomic mass is 9.81. The van der Waals surface area contributed by atoms with Crippen molar-refractivity contribution in [1.82, 2.24) is 25.0 Å². The molecule has 4 heterocycles. The minimum Gasteiger partial charge on any atom is -0.492 e. The van der Waals surface area contributed by atoms with Crippen LogP contribution in [0.1, 0.15) is 12.8 Å². The number of hydrogen-bond donors (Lipinski definition) is 1. The average molecular weight is 482 g/mol. The zero-order valence-corrected chi connectivity index (χ0v) is 19.2. The lowest BCUT2D eigenvalue weighted by Crippen LogP contribution is -2.49. The van der Waals surface area contributed by atoms with Gasteiger partial charge >= 0.3 is 0 Å². The first-order valence-electron chi connectivity index (χ1n) is 11.1. The highest BCUT2D eigenvalue weighted by atomic mass is 79.9. The standard InChI is InChI=1S/C24H28BrN5O/c25-23-17-30(28-24(23)19-5-9-26-10-6-19)21-1-3-22(4-2-21)31-14-13-29-11-7-18(8-12-29)20-15-27-16-20/h1-6,9-10,17-18,20,27H,7-8,11-16H2. The summed E-state index contributed by atoms with van der Waals surface area (Å²) >= 11 is 3.62. The highest BCUT2D eigenvalue weighted by molar-refractivity contribution is 9.10. The molecule has 3 aromatic rings. The van der Waals surface area contributed by atoms with Crippen LogP contribution in [-0.2, 0) is 0 Å². The molecule has 1 N–H and O–H groups in total. The van der Waals surface area contributed by atoms with Crippen LogP contribution in [0.2, 0.25) is 0 Å². The number of hydrogen-bond acceptors (Lipinski definition) is 5. The molecule has 6 nitrogen and oxygen atoms in total. The number of rotatable bonds is 7. The van der Waals surface area contributed by atoms with Crippen molar-refractivity contribution in [2.75, 3.05) is 39.3 Å². The Bertz CT molecular complexity index is 979. The van der Waals surface area contributed by atoms with E-state index in [4.69, 9.17) is 9.84 Å². The van der Waals surface area contributed by atoms with Gasteiger partial charge in [-0.25, -0.2) is 4.68 Å². The zero-order chi connectivity index (χ0) is 21.0. The lowest BCUT2D eigenvalue weighted by molar-refractivity contribution is 0.108. The molecule has 0 saturated carbocycles. The predicted molar refractivity (Wildman–Crippen MR) is 126 cm³/mol. The van der Waals surface area contributed by atoms with Crippen LogP contribution in [0.3, 0.4) is 0 Å². The number of benzene rings is 1. The zero-order valence-electron chi connectivity index (χ0n) is 17.6. The molecule has 2 saturated heterocycles. The Kier molecular flexibility index (Phi) is 6.34. The third-order valence-corrected chi connectivity index (χ3v) is 7.09. The van der Waals surface area contributed by atoms with Crippen molar-refractivity contribution in [2.24, 2.45) is 11.8 Å². The summed E-state index contributed by atoms with van der Waals surface area (Å²) in [6, 6.07) is 12.1. The van der Waals surface area contributed by atoms with E-state index in [1.807, 2.05) is 47.3 Å². The monoisotopic (exact) mass is 481 g/mol. The number of nitrogens with zero attached hydrogens (tertiary/aromatic N) is 4. The van der Waals surface area contributed by atoms with Crippen LogP contribution in [0.25, 0.3) is 16.9 Å². The molecular weight excluding hydrogens is 454 g/mol. The van der Waals surface area contributed by atoms with E-state index < -0.39 is 0 Å². The van der Waals surface area contributed by atoms with Gasteiger partial charge < -0.3 is 10.1 Å². The fraction of sp³-hybridized carbons (Fsp3) is 0.417. The molecule has 0 aliphatic carbocycles. The summed E-state index contributed by atoms with van der Waals surface area (Å²) in [5.74, 6) is 2.75. The van der Waals surface area contributed by atoms with Crippen LogP contribution in [0, 0.1) is 11.8 Å². The molecule has 0 amide bonds. The van der Waals surface area contributed by atoms with Crippen LogP contribution in [0.4, 0.5) is 0 Å². The van der Waals surface area contributed by atoms with Crippen LogP contribution >= 0.6 is 15.9 Å². The van der Waals surface area contributed by atoms with E-state index in [1.54, 1.807) is 12.4 Å². The van der Waals surface area contributed by atoms with Gasteiger partial charge in [-0.1, -0.05) is 0 Å². The van der Waals surface area contributed by atoms with Crippen molar-refractivity contribution in [2.45, 2.75) is 12.8 Å². The highest BCUT2D eigenvalue weighted by Crippen LogP contribution is 2.29. The fourth-order valence-corrected chi connectivity index (χ4v) is 4.97. The topological polar surface area (TPSA) is 55.2 Å². The third-order valence-electron chi connectivity index (χ3n) is 6.51. The normalized spacial score (nSPS) is 18.1. The second-order valence-electron chi connectivity index (χ2n) is 8.45. The molecule has 5 rings (SSSR count). The van der Waals surface area contributed by atoms with Gasteiger partial charge in [-0.3, -0.25) is 9.88 Å². The quantitative estimate of drug-likeness (QED) is 0.552. The predicted octanol–water partition coefficient (Wildman–Crippen LogP) is 4.01. The number of nitrogens with one attached hydrogen (secondary N) is 1. The first-order chi connectivity index (χ1) is 15.3. The summed E-state index contributed by atoms with van der Waals surface area (Å²) in [5, 5.41) is 8.13. The van der Waals surface area contributed by atoms with Gasteiger partial charge in [-0.05, 0) is 103 Å². The molecule has 0 unspecified atom stereocenters. The van der Waals surface area contributed by atoms with Crippen molar-refractivity contribution in [3.05, 3.63) is 59.5 Å². The van der Waals surface area contributed by atoms with Crippen LogP contribution < -0.4 is 10.1 Å². The largest absolute Gasteiger partial charge is 0.492 e. The van der Waals surface area contributed by atoms with Crippen LogP contribution in [0.15, 0.2) is 59.5 Å². The first kappa shape index (κ1) is 20.7. The molecule has 0 atom stereocenters. The van der Waals surface area contributed by atoms with E-state index in [2.05, 4.69) is 31.1 Å². The molecule has 2 aliphatic heterocycles. The Morgan fingerprint density at radius 2 is 1.74 bits per heavy atom. The molecule has 2 aliphatic rings. The maximum absolute atomic E-state index is 6.01. The third kappa shape index (κ3) is 4.84. The van der Waals surface area contributed by atoms with Gasteiger partial charge in [0.25, 0.3) is 0 Å². The van der Waals surface area contributed by atoms with Gasteiger partial charge in [0.2, 0.25) is 0 Å². The van der Waals surface area contributed by atoms with Crippen LogP contribution in [0.5, 0.6) is 5.75 Å². The Balaban J connectivity index is 1.12. The van der Waals surface area contributed by atoms with Crippen molar-refractivity contribution in [1.29, 1.82) is 0 Å². The molecule has 0 radical (unpaired) electrons. The van der Waals surface area contributed by atoms with Crippen molar-refractivity contribution >= 4 is 15.9 Å². The van der Waals surface area contributed by atoms with Crippen molar-refractivity contribution < 1.29 is 4.74 Å². The minimum absolute atomic E-state index is 0.731. The van der Waals surface area contributed by atoms with E-state index >= 15 is 0 Å². The lowest BCUT2D eigenvalue weighted by Gasteiger charge is -2.40. The van der Waals surface area contributed by atoms with Crippen molar-refractivity contribution in [3.8, 4) is 22.7 Å². The maximum Gasteiger partial charge on any atom is 0.119 e. The molecule has 0 spiro atoms. The highest BCUT2D eigenvalue weighted by Gasteiger charge is 2.29. The molecule has 31 heavy (non-hydrogen) atoms.